The molecule has 0 aliphatic heterocycles. The van der Waals surface area contributed by atoms with Crippen molar-refractivity contribution in [3.8, 4) is 0 Å². The van der Waals surface area contributed by atoms with Gasteiger partial charge in [0.2, 0.25) is 5.92 Å². The Labute approximate surface area is 106 Å². The van der Waals surface area contributed by atoms with Crippen molar-refractivity contribution >= 4 is 0 Å². The van der Waals surface area contributed by atoms with Gasteiger partial charge in [0.15, 0.2) is 0 Å². The number of hydrogen-bond donors (Lipinski definition) is 1. The van der Waals surface area contributed by atoms with E-state index < -0.39 is 12.0 Å². The molecule has 1 N–H and O–H groups in total. The van der Waals surface area contributed by atoms with E-state index in [4.69, 9.17) is 0 Å². The first-order chi connectivity index (χ1) is 8.41. The average Bonchev–Trinajstić information content (AvgIpc) is 2.81. The van der Waals surface area contributed by atoms with Crippen LogP contribution in [0.1, 0.15) is 50.1 Å². The largest absolute Gasteiger partial charge is 0.387 e. The van der Waals surface area contributed by atoms with Crippen LogP contribution in [-0.2, 0) is 6.54 Å². The summed E-state index contributed by atoms with van der Waals surface area (Å²) in [5.41, 5.74) is 1.59. The zero-order valence-corrected chi connectivity index (χ0v) is 10.9. The maximum absolute atomic E-state index is 13.1. The average molecular weight is 258 g/mol. The standard InChI is InChI=1S/C13H20F2N2O/c1-3-17-11(6-9(2)16-17)12(18)7-10-4-5-13(14,15)8-10/h6,10,12,18H,3-5,7-8H2,1-2H3. The van der Waals surface area contributed by atoms with Gasteiger partial charge in [-0.1, -0.05) is 0 Å². The lowest BCUT2D eigenvalue weighted by molar-refractivity contribution is 0.00236. The van der Waals surface area contributed by atoms with Crippen molar-refractivity contribution < 1.29 is 13.9 Å². The Morgan fingerprint density at radius 3 is 2.89 bits per heavy atom. The predicted octanol–water partition coefficient (Wildman–Crippen LogP) is 3.07. The van der Waals surface area contributed by atoms with Gasteiger partial charge >= 0.3 is 0 Å². The normalized spacial score (nSPS) is 24.4. The highest BCUT2D eigenvalue weighted by Crippen LogP contribution is 2.42. The van der Waals surface area contributed by atoms with Crippen molar-refractivity contribution in [3.63, 3.8) is 0 Å². The second kappa shape index (κ2) is 4.96. The van der Waals surface area contributed by atoms with E-state index >= 15 is 0 Å². The molecule has 0 bridgehead atoms. The molecule has 0 amide bonds. The molecular formula is C13H20F2N2O. The lowest BCUT2D eigenvalue weighted by Crippen LogP contribution is -2.13. The van der Waals surface area contributed by atoms with Crippen LogP contribution in [0.3, 0.4) is 0 Å². The van der Waals surface area contributed by atoms with E-state index in [0.29, 0.717) is 19.4 Å². The van der Waals surface area contributed by atoms with Gasteiger partial charge in [-0.15, -0.1) is 0 Å². The van der Waals surface area contributed by atoms with Crippen molar-refractivity contribution in [3.05, 3.63) is 17.5 Å². The summed E-state index contributed by atoms with van der Waals surface area (Å²) < 4.78 is 27.9. The molecule has 1 aromatic heterocycles. The molecule has 3 nitrogen and oxygen atoms in total. The number of nitrogens with zero attached hydrogens (tertiary/aromatic N) is 2. The maximum Gasteiger partial charge on any atom is 0.248 e. The molecule has 2 atom stereocenters. The zero-order valence-electron chi connectivity index (χ0n) is 10.9. The van der Waals surface area contributed by atoms with Crippen LogP contribution in [0.2, 0.25) is 0 Å². The number of aliphatic hydroxyl groups excluding tert-OH is 1. The lowest BCUT2D eigenvalue weighted by Gasteiger charge is -2.16. The fraction of sp³-hybridized carbons (Fsp3) is 0.769. The van der Waals surface area contributed by atoms with E-state index in [-0.39, 0.29) is 18.8 Å². The molecule has 2 rings (SSSR count). The topological polar surface area (TPSA) is 38.0 Å². The Balaban J connectivity index is 2.01. The molecule has 18 heavy (non-hydrogen) atoms. The second-order valence-corrected chi connectivity index (χ2v) is 5.24. The first kappa shape index (κ1) is 13.5. The predicted molar refractivity (Wildman–Crippen MR) is 64.5 cm³/mol. The van der Waals surface area contributed by atoms with E-state index in [0.717, 1.165) is 11.4 Å². The number of hydrogen-bond acceptors (Lipinski definition) is 2. The van der Waals surface area contributed by atoms with Crippen molar-refractivity contribution in [1.29, 1.82) is 0 Å². The van der Waals surface area contributed by atoms with E-state index in [1.165, 1.54) is 0 Å². The lowest BCUT2D eigenvalue weighted by atomic mass is 9.98. The van der Waals surface area contributed by atoms with Gasteiger partial charge in [0, 0.05) is 19.4 Å². The highest BCUT2D eigenvalue weighted by molar-refractivity contribution is 5.12. The van der Waals surface area contributed by atoms with Gasteiger partial charge in [0.05, 0.1) is 17.5 Å². The third-order valence-electron chi connectivity index (χ3n) is 3.64. The fourth-order valence-corrected chi connectivity index (χ4v) is 2.77. The molecule has 0 spiro atoms. The van der Waals surface area contributed by atoms with Crippen molar-refractivity contribution in [2.24, 2.45) is 5.92 Å². The Hall–Kier alpha value is -0.970. The summed E-state index contributed by atoms with van der Waals surface area (Å²) in [5, 5.41) is 14.4. The number of halogens is 2. The monoisotopic (exact) mass is 258 g/mol. The molecule has 2 unspecified atom stereocenters. The third-order valence-corrected chi connectivity index (χ3v) is 3.64. The van der Waals surface area contributed by atoms with Crippen LogP contribution >= 0.6 is 0 Å². The van der Waals surface area contributed by atoms with Crippen molar-refractivity contribution in [2.75, 3.05) is 0 Å². The molecule has 102 valence electrons. The minimum atomic E-state index is -2.54. The van der Waals surface area contributed by atoms with Gasteiger partial charge in [-0.3, -0.25) is 4.68 Å². The molecule has 1 aliphatic carbocycles. The van der Waals surface area contributed by atoms with Crippen molar-refractivity contribution in [1.82, 2.24) is 9.78 Å². The Kier molecular flexibility index (Phi) is 3.71. The van der Waals surface area contributed by atoms with Gasteiger partial charge in [-0.2, -0.15) is 5.10 Å². The van der Waals surface area contributed by atoms with E-state index in [1.807, 2.05) is 19.9 Å². The molecule has 1 aliphatic rings. The smallest absolute Gasteiger partial charge is 0.248 e. The minimum Gasteiger partial charge on any atom is -0.387 e. The van der Waals surface area contributed by atoms with Crippen LogP contribution in [0.15, 0.2) is 6.07 Å². The summed E-state index contributed by atoms with van der Waals surface area (Å²) in [6, 6.07) is 1.83. The number of aromatic nitrogens is 2. The molecule has 0 saturated heterocycles. The Bertz CT molecular complexity index is 417. The maximum atomic E-state index is 13.1. The number of aliphatic hydroxyl groups is 1. The third kappa shape index (κ3) is 2.88. The van der Waals surface area contributed by atoms with Gasteiger partial charge in [-0.05, 0) is 38.7 Å². The van der Waals surface area contributed by atoms with Gasteiger partial charge < -0.3 is 5.11 Å². The number of aryl methyl sites for hydroxylation is 2. The molecular weight excluding hydrogens is 238 g/mol. The molecule has 0 radical (unpaired) electrons. The van der Waals surface area contributed by atoms with Crippen LogP contribution < -0.4 is 0 Å². The number of rotatable bonds is 4. The van der Waals surface area contributed by atoms with Crippen LogP contribution in [0, 0.1) is 12.8 Å². The highest BCUT2D eigenvalue weighted by Gasteiger charge is 2.40. The first-order valence-corrected chi connectivity index (χ1v) is 6.51. The summed E-state index contributed by atoms with van der Waals surface area (Å²) in [4.78, 5) is 0. The van der Waals surface area contributed by atoms with Gasteiger partial charge in [0.25, 0.3) is 0 Å². The summed E-state index contributed by atoms with van der Waals surface area (Å²) in [6.07, 6.45) is 0.0779. The minimum absolute atomic E-state index is 0.0452. The molecule has 1 fully saturated rings. The second-order valence-electron chi connectivity index (χ2n) is 5.24. The van der Waals surface area contributed by atoms with Crippen LogP contribution in [-0.4, -0.2) is 20.8 Å². The highest BCUT2D eigenvalue weighted by atomic mass is 19.3. The number of alkyl halides is 2. The fourth-order valence-electron chi connectivity index (χ4n) is 2.77. The summed E-state index contributed by atoms with van der Waals surface area (Å²) in [7, 11) is 0. The SMILES string of the molecule is CCn1nc(C)cc1C(O)CC1CCC(F)(F)C1. The quantitative estimate of drug-likeness (QED) is 0.901. The van der Waals surface area contributed by atoms with E-state index in [2.05, 4.69) is 5.10 Å². The molecule has 0 aromatic carbocycles. The van der Waals surface area contributed by atoms with Gasteiger partial charge in [0.1, 0.15) is 0 Å². The molecule has 1 aromatic rings. The Morgan fingerprint density at radius 1 is 1.61 bits per heavy atom. The first-order valence-electron chi connectivity index (χ1n) is 6.51. The summed E-state index contributed by atoms with van der Waals surface area (Å²) in [5.74, 6) is -2.62. The Morgan fingerprint density at radius 2 is 2.33 bits per heavy atom. The summed E-state index contributed by atoms with van der Waals surface area (Å²) >= 11 is 0. The van der Waals surface area contributed by atoms with Gasteiger partial charge in [-0.25, -0.2) is 8.78 Å². The van der Waals surface area contributed by atoms with Crippen LogP contribution in [0.4, 0.5) is 8.78 Å². The zero-order chi connectivity index (χ0) is 13.3. The molecule has 5 heteroatoms. The van der Waals surface area contributed by atoms with E-state index in [1.54, 1.807) is 4.68 Å². The van der Waals surface area contributed by atoms with Crippen LogP contribution in [0.25, 0.3) is 0 Å². The van der Waals surface area contributed by atoms with Crippen LogP contribution in [0.5, 0.6) is 0 Å². The summed E-state index contributed by atoms with van der Waals surface area (Å²) in [6.45, 7) is 4.50. The molecule has 1 saturated carbocycles. The van der Waals surface area contributed by atoms with E-state index in [9.17, 15) is 13.9 Å². The molecule has 1 heterocycles. The van der Waals surface area contributed by atoms with Crippen molar-refractivity contribution in [2.45, 2.75) is 58.1 Å².